The maximum absolute atomic E-state index is 13.4. The van der Waals surface area contributed by atoms with Gasteiger partial charge in [0.1, 0.15) is 5.69 Å². The highest BCUT2D eigenvalue weighted by molar-refractivity contribution is 5.53. The molecular formula is C12H16F5N. The van der Waals surface area contributed by atoms with Crippen LogP contribution in [0.2, 0.25) is 0 Å². The zero-order valence-electron chi connectivity index (χ0n) is 10.7. The van der Waals surface area contributed by atoms with Crippen LogP contribution in [0.4, 0.5) is 27.6 Å². The number of halogens is 5. The smallest absolute Gasteiger partial charge is 0.394 e. The molecule has 0 heterocycles. The van der Waals surface area contributed by atoms with Crippen molar-refractivity contribution >= 4 is 5.69 Å². The van der Waals surface area contributed by atoms with E-state index >= 15 is 0 Å². The molecular weight excluding hydrogens is 253 g/mol. The predicted molar refractivity (Wildman–Crippen MR) is 61.2 cm³/mol. The molecule has 0 spiro atoms. The summed E-state index contributed by atoms with van der Waals surface area (Å²) < 4.78 is 64.4. The van der Waals surface area contributed by atoms with E-state index in [9.17, 15) is 22.0 Å². The summed E-state index contributed by atoms with van der Waals surface area (Å²) in [7, 11) is 0. The topological polar surface area (TPSA) is 26.0 Å². The van der Waals surface area contributed by atoms with Crippen molar-refractivity contribution in [3.05, 3.63) is 28.3 Å². The maximum atomic E-state index is 13.4. The molecule has 1 nitrogen and oxygen atoms in total. The van der Waals surface area contributed by atoms with E-state index in [1.165, 1.54) is 6.92 Å². The van der Waals surface area contributed by atoms with Crippen LogP contribution in [0.1, 0.15) is 37.5 Å². The van der Waals surface area contributed by atoms with Crippen molar-refractivity contribution in [1.29, 1.82) is 0 Å². The van der Waals surface area contributed by atoms with E-state index in [2.05, 4.69) is 0 Å². The van der Waals surface area contributed by atoms with Crippen LogP contribution in [-0.4, -0.2) is 0 Å². The summed E-state index contributed by atoms with van der Waals surface area (Å²) in [5, 5.41) is 0. The van der Waals surface area contributed by atoms with Crippen LogP contribution in [0.25, 0.3) is 0 Å². The first-order valence-electron chi connectivity index (χ1n) is 5.54. The van der Waals surface area contributed by atoms with Crippen LogP contribution >= 0.6 is 0 Å². The van der Waals surface area contributed by atoms with Gasteiger partial charge >= 0.3 is 6.18 Å². The fraction of sp³-hybridized carbons (Fsp3) is 0.500. The molecule has 104 valence electrons. The molecule has 1 rings (SSSR count). The van der Waals surface area contributed by atoms with Crippen LogP contribution in [0.5, 0.6) is 0 Å². The van der Waals surface area contributed by atoms with E-state index in [1.807, 2.05) is 13.8 Å². The lowest BCUT2D eigenvalue weighted by molar-refractivity contribution is -0.139. The number of hydrogen-bond acceptors (Lipinski definition) is 1. The summed E-state index contributed by atoms with van der Waals surface area (Å²) in [5.74, 6) is -2.67. The number of rotatable bonds is 1. The molecule has 0 atom stereocenters. The Balaban J connectivity index is 0.00000137. The highest BCUT2D eigenvalue weighted by Crippen LogP contribution is 2.39. The van der Waals surface area contributed by atoms with Crippen molar-refractivity contribution in [2.45, 2.75) is 40.3 Å². The van der Waals surface area contributed by atoms with Gasteiger partial charge in [0.05, 0.1) is 5.56 Å². The van der Waals surface area contributed by atoms with Crippen molar-refractivity contribution in [1.82, 2.24) is 0 Å². The van der Waals surface area contributed by atoms with Gasteiger partial charge in [-0.25, -0.2) is 8.78 Å². The Morgan fingerprint density at radius 2 is 1.50 bits per heavy atom. The van der Waals surface area contributed by atoms with Gasteiger partial charge in [-0.1, -0.05) is 20.8 Å². The number of nitrogen functional groups attached to an aromatic ring is 1. The fourth-order valence-corrected chi connectivity index (χ4v) is 1.62. The van der Waals surface area contributed by atoms with E-state index in [4.69, 9.17) is 5.73 Å². The van der Waals surface area contributed by atoms with E-state index in [-0.39, 0.29) is 6.42 Å². The van der Waals surface area contributed by atoms with E-state index in [1.54, 1.807) is 0 Å². The number of hydrogen-bond donors (Lipinski definition) is 1. The third-order valence-corrected chi connectivity index (χ3v) is 2.38. The van der Waals surface area contributed by atoms with Gasteiger partial charge in [-0.3, -0.25) is 0 Å². The quantitative estimate of drug-likeness (QED) is 0.591. The summed E-state index contributed by atoms with van der Waals surface area (Å²) >= 11 is 0. The Hall–Kier alpha value is -1.33. The van der Waals surface area contributed by atoms with Gasteiger partial charge in [0.15, 0.2) is 11.6 Å². The molecule has 0 aliphatic rings. The van der Waals surface area contributed by atoms with Gasteiger partial charge in [-0.15, -0.1) is 0 Å². The lowest BCUT2D eigenvalue weighted by Crippen LogP contribution is -2.16. The molecule has 0 saturated carbocycles. The minimum absolute atomic E-state index is 0.202. The molecule has 1 aromatic rings. The van der Waals surface area contributed by atoms with Gasteiger partial charge in [-0.2, -0.15) is 13.2 Å². The normalized spacial score (nSPS) is 10.9. The molecule has 1 aromatic carbocycles. The predicted octanol–water partition coefficient (Wildman–Crippen LogP) is 4.46. The maximum Gasteiger partial charge on any atom is 0.417 e. The third-order valence-electron chi connectivity index (χ3n) is 2.38. The second kappa shape index (κ2) is 6.02. The number of benzene rings is 1. The lowest BCUT2D eigenvalue weighted by Gasteiger charge is -2.17. The highest BCUT2D eigenvalue weighted by atomic mass is 19.4. The summed E-state index contributed by atoms with van der Waals surface area (Å²) in [6, 6.07) is 0. The Bertz CT molecular complexity index is 424. The monoisotopic (exact) mass is 269 g/mol. The van der Waals surface area contributed by atoms with Gasteiger partial charge in [0.25, 0.3) is 0 Å². The van der Waals surface area contributed by atoms with E-state index in [0.29, 0.717) is 0 Å². The first-order chi connectivity index (χ1) is 8.21. The molecule has 2 N–H and O–H groups in total. The largest absolute Gasteiger partial charge is 0.417 e. The highest BCUT2D eigenvalue weighted by Gasteiger charge is 2.38. The molecule has 0 aliphatic carbocycles. The Morgan fingerprint density at radius 1 is 1.06 bits per heavy atom. The lowest BCUT2D eigenvalue weighted by atomic mass is 9.97. The molecule has 0 aliphatic heterocycles. The molecule has 0 saturated heterocycles. The summed E-state index contributed by atoms with van der Waals surface area (Å²) in [4.78, 5) is 0. The zero-order valence-corrected chi connectivity index (χ0v) is 10.7. The van der Waals surface area contributed by atoms with Crippen LogP contribution in [0.3, 0.4) is 0 Å². The molecule has 0 fully saturated rings. The van der Waals surface area contributed by atoms with Crippen molar-refractivity contribution in [2.75, 3.05) is 5.73 Å². The SMILES string of the molecule is CC.CCc1c(F)c(N)c(F)c(C)c1C(F)(F)F. The Labute approximate surface area is 103 Å². The van der Waals surface area contributed by atoms with Crippen LogP contribution in [0.15, 0.2) is 0 Å². The van der Waals surface area contributed by atoms with Crippen LogP contribution in [-0.2, 0) is 12.6 Å². The molecule has 0 radical (unpaired) electrons. The first kappa shape index (κ1) is 16.7. The van der Waals surface area contributed by atoms with Gasteiger partial charge in [0.2, 0.25) is 0 Å². The van der Waals surface area contributed by atoms with Gasteiger partial charge < -0.3 is 5.73 Å². The molecule has 18 heavy (non-hydrogen) atoms. The van der Waals surface area contributed by atoms with Gasteiger partial charge in [0, 0.05) is 5.56 Å². The average molecular weight is 269 g/mol. The Morgan fingerprint density at radius 3 is 1.83 bits per heavy atom. The summed E-state index contributed by atoms with van der Waals surface area (Å²) in [6.07, 6.45) is -4.99. The van der Waals surface area contributed by atoms with Crippen LogP contribution in [0, 0.1) is 18.6 Å². The average Bonchev–Trinajstić information content (AvgIpc) is 2.31. The fourth-order valence-electron chi connectivity index (χ4n) is 1.62. The second-order valence-electron chi connectivity index (χ2n) is 3.37. The number of alkyl halides is 3. The molecule has 0 unspecified atom stereocenters. The van der Waals surface area contributed by atoms with Crippen LogP contribution < -0.4 is 5.73 Å². The second-order valence-corrected chi connectivity index (χ2v) is 3.37. The van der Waals surface area contributed by atoms with E-state index in [0.717, 1.165) is 6.92 Å². The Kier molecular flexibility index (Phi) is 5.57. The minimum Gasteiger partial charge on any atom is -0.394 e. The molecule has 0 amide bonds. The summed E-state index contributed by atoms with van der Waals surface area (Å²) in [5.41, 5.74) is 1.67. The minimum atomic E-state index is -4.79. The molecule has 0 aromatic heterocycles. The first-order valence-corrected chi connectivity index (χ1v) is 5.54. The standard InChI is InChI=1S/C10H10F5N.C2H6/c1-3-5-6(10(13,14)15)4(2)7(11)9(16)8(5)12;1-2/h3,16H2,1-2H3;1-2H3. The molecule has 6 heteroatoms. The molecule has 0 bridgehead atoms. The van der Waals surface area contributed by atoms with Crippen molar-refractivity contribution in [3.63, 3.8) is 0 Å². The number of nitrogens with two attached hydrogens (primary N) is 1. The summed E-state index contributed by atoms with van der Waals surface area (Å²) in [6.45, 7) is 6.29. The zero-order chi connectivity index (χ0) is 14.7. The third kappa shape index (κ3) is 2.91. The van der Waals surface area contributed by atoms with E-state index < -0.39 is 40.2 Å². The van der Waals surface area contributed by atoms with Crippen molar-refractivity contribution < 1.29 is 22.0 Å². The van der Waals surface area contributed by atoms with Gasteiger partial charge in [-0.05, 0) is 18.9 Å². The van der Waals surface area contributed by atoms with Crippen molar-refractivity contribution in [2.24, 2.45) is 0 Å². The number of anilines is 1. The van der Waals surface area contributed by atoms with Crippen molar-refractivity contribution in [3.8, 4) is 0 Å².